The van der Waals surface area contributed by atoms with Gasteiger partial charge in [-0.15, -0.1) is 0 Å². The van der Waals surface area contributed by atoms with Gasteiger partial charge in [0, 0.05) is 19.6 Å². The van der Waals surface area contributed by atoms with Crippen LogP contribution in [0, 0.1) is 0 Å². The van der Waals surface area contributed by atoms with Crippen LogP contribution in [0.4, 0.5) is 0 Å². The number of hydrogen-bond donors (Lipinski definition) is 5. The van der Waals surface area contributed by atoms with Crippen molar-refractivity contribution in [3.8, 4) is 0 Å². The van der Waals surface area contributed by atoms with E-state index >= 15 is 0 Å². The number of rotatable bonds is 18. The van der Waals surface area contributed by atoms with E-state index in [4.69, 9.17) is 26.8 Å². The summed E-state index contributed by atoms with van der Waals surface area (Å²) in [4.78, 5) is 10.3. The van der Waals surface area contributed by atoms with Gasteiger partial charge in [0.15, 0.2) is 0 Å². The minimum atomic E-state index is -0.653. The summed E-state index contributed by atoms with van der Waals surface area (Å²) in [7, 11) is 0. The Bertz CT molecular complexity index is 276. The van der Waals surface area contributed by atoms with Gasteiger partial charge >= 0.3 is 5.97 Å². The Morgan fingerprint density at radius 1 is 0.548 bits per heavy atom. The van der Waals surface area contributed by atoms with Gasteiger partial charge in [0.1, 0.15) is 0 Å². The number of carbonyl (C=O) groups is 1. The largest absolute Gasteiger partial charge is 0.481 e. The Kier molecular flexibility index (Phi) is 52.5. The number of nitrogens with two attached hydrogens (primary N) is 2. The average molecular weight is 451 g/mol. The van der Waals surface area contributed by atoms with Crippen molar-refractivity contribution in [1.82, 2.24) is 0 Å². The molecule has 0 aromatic heterocycles. The smallest absolute Gasteiger partial charge is 0.303 e. The van der Waals surface area contributed by atoms with Crippen LogP contribution in [0.1, 0.15) is 130 Å². The van der Waals surface area contributed by atoms with Crippen LogP contribution in [-0.4, -0.2) is 47.6 Å². The van der Waals surface area contributed by atoms with Gasteiger partial charge in [0.25, 0.3) is 0 Å². The Morgan fingerprint density at radius 2 is 0.806 bits per heavy atom. The summed E-state index contributed by atoms with van der Waals surface area (Å²) in [6.07, 6.45) is 21.1. The molecule has 6 nitrogen and oxygen atoms in total. The number of aliphatic hydroxyl groups is 2. The van der Waals surface area contributed by atoms with Gasteiger partial charge in [-0.2, -0.15) is 0 Å². The molecular weight excluding hydrogens is 392 g/mol. The molecule has 0 aliphatic heterocycles. The second kappa shape index (κ2) is 43.2. The predicted octanol–water partition coefficient (Wildman–Crippen LogP) is 5.62. The van der Waals surface area contributed by atoms with Crippen LogP contribution in [0.5, 0.6) is 0 Å². The zero-order chi connectivity index (χ0) is 24.4. The van der Waals surface area contributed by atoms with Crippen LogP contribution in [0.15, 0.2) is 0 Å². The highest BCUT2D eigenvalue weighted by molar-refractivity contribution is 5.66. The van der Waals surface area contributed by atoms with Crippen LogP contribution in [0.2, 0.25) is 0 Å². The molecule has 0 spiro atoms. The third kappa shape index (κ3) is 65.2. The third-order valence-corrected chi connectivity index (χ3v) is 4.40. The molecule has 0 aliphatic rings. The molecule has 6 heteroatoms. The Labute approximate surface area is 194 Å². The van der Waals surface area contributed by atoms with Crippen molar-refractivity contribution in [3.63, 3.8) is 0 Å². The first-order valence-electron chi connectivity index (χ1n) is 12.9. The van der Waals surface area contributed by atoms with E-state index in [2.05, 4.69) is 6.92 Å². The fraction of sp³-hybridized carbons (Fsp3) is 0.960. The van der Waals surface area contributed by atoms with Gasteiger partial charge in [-0.3, -0.25) is 4.79 Å². The first kappa shape index (κ1) is 37.6. The molecule has 0 saturated carbocycles. The van der Waals surface area contributed by atoms with Gasteiger partial charge in [-0.05, 0) is 39.8 Å². The lowest BCUT2D eigenvalue weighted by Crippen LogP contribution is -2.06. The molecule has 0 bridgehead atoms. The van der Waals surface area contributed by atoms with Crippen LogP contribution >= 0.6 is 0 Å². The topological polar surface area (TPSA) is 130 Å². The van der Waals surface area contributed by atoms with Crippen LogP contribution in [0.25, 0.3) is 0 Å². The molecule has 0 aromatic rings. The van der Waals surface area contributed by atoms with Crippen LogP contribution < -0.4 is 11.5 Å². The third-order valence-electron chi connectivity index (χ3n) is 4.40. The van der Waals surface area contributed by atoms with Gasteiger partial charge < -0.3 is 26.8 Å². The standard InChI is InChI=1S/C18H36O2.C3H10N2.2C2H6O/c1-2-3-4-5-6-7-8-9-10-11-12-13-14-15-16-17-18(19)20;4-2-1-3-5;2*1-2-3/h2-17H2,1H3,(H,19,20);1-5H2;2*3H,2H2,1H3. The second-order valence-electron chi connectivity index (χ2n) is 7.66. The summed E-state index contributed by atoms with van der Waals surface area (Å²) in [6.45, 7) is 7.57. The summed E-state index contributed by atoms with van der Waals surface area (Å²) in [5, 5.41) is 23.7. The molecule has 192 valence electrons. The highest BCUT2D eigenvalue weighted by Crippen LogP contribution is 2.13. The summed E-state index contributed by atoms with van der Waals surface area (Å²) < 4.78 is 0. The highest BCUT2D eigenvalue weighted by Gasteiger charge is 1.97. The normalized spacial score (nSPS) is 9.52. The molecular formula is C25H58N2O4. The zero-order valence-electron chi connectivity index (χ0n) is 21.3. The Morgan fingerprint density at radius 3 is 1.00 bits per heavy atom. The number of carboxylic acid groups (broad SMARTS) is 1. The van der Waals surface area contributed by atoms with Crippen molar-refractivity contribution in [2.45, 2.75) is 130 Å². The summed E-state index contributed by atoms with van der Waals surface area (Å²) in [5.41, 5.74) is 10.1. The molecule has 0 amide bonds. The molecule has 0 unspecified atom stereocenters. The quantitative estimate of drug-likeness (QED) is 0.172. The lowest BCUT2D eigenvalue weighted by atomic mass is 10.0. The zero-order valence-corrected chi connectivity index (χ0v) is 21.3. The van der Waals surface area contributed by atoms with Crippen LogP contribution in [0.3, 0.4) is 0 Å². The summed E-state index contributed by atoms with van der Waals surface area (Å²) in [5.74, 6) is -0.653. The molecule has 0 fully saturated rings. The molecule has 0 heterocycles. The van der Waals surface area contributed by atoms with E-state index in [1.54, 1.807) is 13.8 Å². The lowest BCUT2D eigenvalue weighted by Gasteiger charge is -2.03. The van der Waals surface area contributed by atoms with E-state index < -0.39 is 5.97 Å². The molecule has 31 heavy (non-hydrogen) atoms. The van der Waals surface area contributed by atoms with E-state index in [0.29, 0.717) is 6.42 Å². The number of unbranched alkanes of at least 4 members (excludes halogenated alkanes) is 14. The van der Waals surface area contributed by atoms with Crippen molar-refractivity contribution in [1.29, 1.82) is 0 Å². The summed E-state index contributed by atoms with van der Waals surface area (Å²) >= 11 is 0. The van der Waals surface area contributed by atoms with Crippen molar-refractivity contribution in [2.75, 3.05) is 26.3 Å². The average Bonchev–Trinajstić information content (AvgIpc) is 2.73. The molecule has 0 radical (unpaired) electrons. The molecule has 0 atom stereocenters. The molecule has 0 aromatic carbocycles. The molecule has 0 rings (SSSR count). The number of hydrogen-bond acceptors (Lipinski definition) is 5. The number of carboxylic acids is 1. The van der Waals surface area contributed by atoms with Gasteiger partial charge in [0.2, 0.25) is 0 Å². The van der Waals surface area contributed by atoms with Crippen molar-refractivity contribution in [3.05, 3.63) is 0 Å². The number of aliphatic carboxylic acids is 1. The van der Waals surface area contributed by atoms with Gasteiger partial charge in [-0.25, -0.2) is 0 Å². The maximum absolute atomic E-state index is 10.3. The number of aliphatic hydroxyl groups excluding tert-OH is 2. The Balaban J connectivity index is -0.000000273. The maximum atomic E-state index is 10.3. The van der Waals surface area contributed by atoms with Crippen molar-refractivity contribution < 1.29 is 20.1 Å². The fourth-order valence-corrected chi connectivity index (χ4v) is 2.77. The van der Waals surface area contributed by atoms with E-state index in [0.717, 1.165) is 32.4 Å². The fourth-order valence-electron chi connectivity index (χ4n) is 2.77. The van der Waals surface area contributed by atoms with E-state index in [9.17, 15) is 4.79 Å². The molecule has 7 N–H and O–H groups in total. The van der Waals surface area contributed by atoms with Gasteiger partial charge in [0.05, 0.1) is 0 Å². The van der Waals surface area contributed by atoms with E-state index in [1.165, 1.54) is 83.5 Å². The minimum absolute atomic E-state index is 0.250. The van der Waals surface area contributed by atoms with E-state index in [1.807, 2.05) is 0 Å². The molecule has 0 saturated heterocycles. The van der Waals surface area contributed by atoms with E-state index in [-0.39, 0.29) is 13.2 Å². The van der Waals surface area contributed by atoms with Gasteiger partial charge in [-0.1, -0.05) is 96.8 Å². The maximum Gasteiger partial charge on any atom is 0.303 e. The first-order valence-corrected chi connectivity index (χ1v) is 12.9. The molecule has 0 aliphatic carbocycles. The summed E-state index contributed by atoms with van der Waals surface area (Å²) in [6, 6.07) is 0. The SMILES string of the molecule is CCCCCCCCCCCCCCCCCC(=O)O.CCO.CCO.NCCCN. The minimum Gasteiger partial charge on any atom is -0.481 e. The Hall–Kier alpha value is -0.690. The first-order chi connectivity index (χ1) is 15.0. The van der Waals surface area contributed by atoms with Crippen molar-refractivity contribution >= 4 is 5.97 Å². The lowest BCUT2D eigenvalue weighted by molar-refractivity contribution is -0.137. The predicted molar refractivity (Wildman–Crippen MR) is 135 cm³/mol. The highest BCUT2D eigenvalue weighted by atomic mass is 16.4. The second-order valence-corrected chi connectivity index (χ2v) is 7.66. The monoisotopic (exact) mass is 450 g/mol. The van der Waals surface area contributed by atoms with Crippen LogP contribution in [-0.2, 0) is 4.79 Å². The van der Waals surface area contributed by atoms with Crippen molar-refractivity contribution in [2.24, 2.45) is 11.5 Å².